The summed E-state index contributed by atoms with van der Waals surface area (Å²) in [6, 6.07) is 7.27. The van der Waals surface area contributed by atoms with Crippen LogP contribution in [0.1, 0.15) is 25.3 Å². The van der Waals surface area contributed by atoms with Crippen molar-refractivity contribution >= 4 is 5.96 Å². The van der Waals surface area contributed by atoms with E-state index in [9.17, 15) is 4.39 Å². The number of nitrogens with zero attached hydrogens (tertiary/aromatic N) is 2. The Bertz CT molecular complexity index is 454. The number of hydrogen-bond donors (Lipinski definition) is 2. The molecule has 0 atom stereocenters. The second-order valence-corrected chi connectivity index (χ2v) is 5.54. The molecule has 0 amide bonds. The first-order chi connectivity index (χ1) is 10.2. The Kier molecular flexibility index (Phi) is 5.99. The van der Waals surface area contributed by atoms with Crippen molar-refractivity contribution in [3.05, 3.63) is 35.6 Å². The van der Waals surface area contributed by atoms with Crippen LogP contribution in [0.4, 0.5) is 4.39 Å². The highest BCUT2D eigenvalue weighted by molar-refractivity contribution is 5.80. The van der Waals surface area contributed by atoms with Gasteiger partial charge in [-0.25, -0.2) is 4.39 Å². The fourth-order valence-corrected chi connectivity index (χ4v) is 2.05. The molecule has 0 saturated heterocycles. The molecule has 2 N–H and O–H groups in total. The molecule has 1 aromatic carbocycles. The minimum Gasteiger partial charge on any atom is -0.357 e. The number of guanidine groups is 1. The third kappa shape index (κ3) is 6.12. The number of likely N-dealkylation sites (N-methyl/N-ethyl adjacent to an activating group) is 1. The fourth-order valence-electron chi connectivity index (χ4n) is 2.05. The van der Waals surface area contributed by atoms with E-state index >= 15 is 0 Å². The van der Waals surface area contributed by atoms with Gasteiger partial charge in [-0.05, 0) is 44.5 Å². The Balaban J connectivity index is 1.73. The Hall–Kier alpha value is -1.62. The summed E-state index contributed by atoms with van der Waals surface area (Å²) < 4.78 is 12.9. The van der Waals surface area contributed by atoms with Gasteiger partial charge in [-0.3, -0.25) is 4.99 Å². The number of halogens is 1. The first kappa shape index (κ1) is 15.8. The first-order valence-electron chi connectivity index (χ1n) is 7.65. The highest BCUT2D eigenvalue weighted by Gasteiger charge is 2.21. The van der Waals surface area contributed by atoms with Gasteiger partial charge >= 0.3 is 0 Å². The van der Waals surface area contributed by atoms with Gasteiger partial charge in [0.1, 0.15) is 5.82 Å². The predicted octanol–water partition coefficient (Wildman–Crippen LogP) is 1.97. The summed E-state index contributed by atoms with van der Waals surface area (Å²) in [6.45, 7) is 5.38. The number of nitrogens with one attached hydrogen (secondary N) is 2. The summed E-state index contributed by atoms with van der Waals surface area (Å²) >= 11 is 0. The lowest BCUT2D eigenvalue weighted by atomic mass is 10.2. The molecule has 1 fully saturated rings. The van der Waals surface area contributed by atoms with Crippen molar-refractivity contribution in [1.29, 1.82) is 0 Å². The van der Waals surface area contributed by atoms with E-state index in [0.717, 1.165) is 37.7 Å². The molecule has 116 valence electrons. The molecule has 1 aliphatic carbocycles. The van der Waals surface area contributed by atoms with Crippen LogP contribution in [-0.4, -0.2) is 43.6 Å². The van der Waals surface area contributed by atoms with Gasteiger partial charge in [-0.2, -0.15) is 0 Å². The molecule has 0 spiro atoms. The van der Waals surface area contributed by atoms with Crippen LogP contribution in [0, 0.1) is 5.82 Å². The van der Waals surface area contributed by atoms with E-state index in [1.165, 1.54) is 25.0 Å². The molecule has 1 saturated carbocycles. The van der Waals surface area contributed by atoms with Crippen LogP contribution in [0.5, 0.6) is 0 Å². The number of aliphatic imine (C=N–C) groups is 1. The van der Waals surface area contributed by atoms with Gasteiger partial charge in [-0.1, -0.05) is 12.1 Å². The van der Waals surface area contributed by atoms with Crippen molar-refractivity contribution < 1.29 is 4.39 Å². The maximum atomic E-state index is 12.9. The van der Waals surface area contributed by atoms with Crippen LogP contribution in [-0.2, 0) is 6.54 Å². The van der Waals surface area contributed by atoms with Crippen molar-refractivity contribution in [2.24, 2.45) is 4.99 Å². The molecule has 0 bridgehead atoms. The zero-order valence-electron chi connectivity index (χ0n) is 12.9. The summed E-state index contributed by atoms with van der Waals surface area (Å²) in [5, 5.41) is 6.66. The Morgan fingerprint density at radius 1 is 1.33 bits per heavy atom. The minimum atomic E-state index is -0.188. The predicted molar refractivity (Wildman–Crippen MR) is 84.9 cm³/mol. The zero-order chi connectivity index (χ0) is 15.1. The summed E-state index contributed by atoms with van der Waals surface area (Å²) in [7, 11) is 2.06. The Morgan fingerprint density at radius 2 is 2.05 bits per heavy atom. The van der Waals surface area contributed by atoms with Crippen LogP contribution in [0.2, 0.25) is 0 Å². The summed E-state index contributed by atoms with van der Waals surface area (Å²) in [6.07, 6.45) is 2.49. The van der Waals surface area contributed by atoms with Crippen LogP contribution < -0.4 is 10.6 Å². The average molecular weight is 292 g/mol. The quantitative estimate of drug-likeness (QED) is 0.596. The van der Waals surface area contributed by atoms with E-state index in [2.05, 4.69) is 34.5 Å². The lowest BCUT2D eigenvalue weighted by Gasteiger charge is -2.16. The van der Waals surface area contributed by atoms with Gasteiger partial charge in [0.15, 0.2) is 5.96 Å². The average Bonchev–Trinajstić information content (AvgIpc) is 3.25. The van der Waals surface area contributed by atoms with Crippen molar-refractivity contribution in [3.8, 4) is 0 Å². The lowest BCUT2D eigenvalue weighted by Crippen LogP contribution is -2.39. The smallest absolute Gasteiger partial charge is 0.191 e. The molecule has 0 aromatic heterocycles. The van der Waals surface area contributed by atoms with E-state index in [1.807, 2.05) is 12.1 Å². The summed E-state index contributed by atoms with van der Waals surface area (Å²) in [4.78, 5) is 6.77. The van der Waals surface area contributed by atoms with E-state index in [4.69, 9.17) is 0 Å². The lowest BCUT2D eigenvalue weighted by molar-refractivity contribution is 0.336. The number of rotatable bonds is 7. The second-order valence-electron chi connectivity index (χ2n) is 5.54. The third-order valence-electron chi connectivity index (χ3n) is 3.38. The van der Waals surface area contributed by atoms with Crippen molar-refractivity contribution in [2.45, 2.75) is 32.4 Å². The molecule has 2 rings (SSSR count). The largest absolute Gasteiger partial charge is 0.357 e. The van der Waals surface area contributed by atoms with Crippen LogP contribution in [0.15, 0.2) is 29.3 Å². The molecule has 0 unspecified atom stereocenters. The van der Waals surface area contributed by atoms with E-state index < -0.39 is 0 Å². The van der Waals surface area contributed by atoms with Crippen molar-refractivity contribution in [3.63, 3.8) is 0 Å². The van der Waals surface area contributed by atoms with Crippen molar-refractivity contribution in [1.82, 2.24) is 15.5 Å². The van der Waals surface area contributed by atoms with Gasteiger partial charge in [0, 0.05) is 25.7 Å². The molecule has 5 heteroatoms. The van der Waals surface area contributed by atoms with Crippen LogP contribution >= 0.6 is 0 Å². The molecule has 21 heavy (non-hydrogen) atoms. The monoisotopic (exact) mass is 292 g/mol. The Morgan fingerprint density at radius 3 is 2.67 bits per heavy atom. The normalized spacial score (nSPS) is 15.3. The number of hydrogen-bond acceptors (Lipinski definition) is 2. The molecule has 1 aromatic rings. The highest BCUT2D eigenvalue weighted by atomic mass is 19.1. The molecular formula is C16H25FN4. The standard InChI is InChI=1S/C16H25FN4/c1-3-18-16(20-15-8-9-15)19-10-11-21(2)12-13-4-6-14(17)7-5-13/h4-7,15H,3,8-12H2,1-2H3,(H2,18,19,20). The molecule has 0 aliphatic heterocycles. The van der Waals surface area contributed by atoms with Crippen LogP contribution in [0.25, 0.3) is 0 Å². The van der Waals surface area contributed by atoms with Gasteiger partial charge < -0.3 is 15.5 Å². The molecule has 0 heterocycles. The SMILES string of the molecule is CCNC(=NCCN(C)Cc1ccc(F)cc1)NC1CC1. The minimum absolute atomic E-state index is 0.188. The molecule has 4 nitrogen and oxygen atoms in total. The molecule has 1 aliphatic rings. The maximum Gasteiger partial charge on any atom is 0.191 e. The van der Waals surface area contributed by atoms with E-state index in [0.29, 0.717) is 6.04 Å². The molecular weight excluding hydrogens is 267 g/mol. The second kappa shape index (κ2) is 7.98. The van der Waals surface area contributed by atoms with Gasteiger partial charge in [0.2, 0.25) is 0 Å². The van der Waals surface area contributed by atoms with E-state index in [1.54, 1.807) is 0 Å². The maximum absolute atomic E-state index is 12.9. The first-order valence-corrected chi connectivity index (χ1v) is 7.65. The topological polar surface area (TPSA) is 39.7 Å². The third-order valence-corrected chi connectivity index (χ3v) is 3.38. The number of benzene rings is 1. The van der Waals surface area contributed by atoms with Gasteiger partial charge in [-0.15, -0.1) is 0 Å². The Labute approximate surface area is 126 Å². The summed E-state index contributed by atoms with van der Waals surface area (Å²) in [5.41, 5.74) is 1.12. The van der Waals surface area contributed by atoms with Gasteiger partial charge in [0.05, 0.1) is 6.54 Å². The van der Waals surface area contributed by atoms with E-state index in [-0.39, 0.29) is 5.82 Å². The zero-order valence-corrected chi connectivity index (χ0v) is 12.9. The fraction of sp³-hybridized carbons (Fsp3) is 0.562. The van der Waals surface area contributed by atoms with Crippen LogP contribution in [0.3, 0.4) is 0 Å². The van der Waals surface area contributed by atoms with Gasteiger partial charge in [0.25, 0.3) is 0 Å². The molecule has 0 radical (unpaired) electrons. The van der Waals surface area contributed by atoms with Crippen molar-refractivity contribution in [2.75, 3.05) is 26.7 Å². The summed E-state index contributed by atoms with van der Waals surface area (Å²) in [5.74, 6) is 0.725. The highest BCUT2D eigenvalue weighted by Crippen LogP contribution is 2.18.